The molecule has 1 atom stereocenters. The zero-order valence-corrected chi connectivity index (χ0v) is 12.6. The number of amidine groups is 1. The van der Waals surface area contributed by atoms with E-state index in [1.807, 2.05) is 11.8 Å². The van der Waals surface area contributed by atoms with Gasteiger partial charge >= 0.3 is 0 Å². The van der Waals surface area contributed by atoms with Gasteiger partial charge in [0, 0.05) is 11.3 Å². The Hall–Kier alpha value is -0.960. The first-order chi connectivity index (χ1) is 9.19. The number of nitrogens with one attached hydrogen (secondary N) is 1. The SMILES string of the molecule is Cc1ccccc1C(C)N=C1NC2(CCCC2)CS1. The smallest absolute Gasteiger partial charge is 0.157 e. The molecule has 2 aliphatic rings. The second-order valence-corrected chi connectivity index (χ2v) is 6.83. The Kier molecular flexibility index (Phi) is 3.57. The maximum absolute atomic E-state index is 4.89. The molecular weight excluding hydrogens is 252 g/mol. The maximum Gasteiger partial charge on any atom is 0.157 e. The molecule has 0 bridgehead atoms. The van der Waals surface area contributed by atoms with Gasteiger partial charge in [-0.2, -0.15) is 0 Å². The lowest BCUT2D eigenvalue weighted by Gasteiger charge is -2.22. The van der Waals surface area contributed by atoms with E-state index < -0.39 is 0 Å². The van der Waals surface area contributed by atoms with Gasteiger partial charge in [0.15, 0.2) is 5.17 Å². The summed E-state index contributed by atoms with van der Waals surface area (Å²) >= 11 is 1.91. The van der Waals surface area contributed by atoms with Gasteiger partial charge < -0.3 is 5.32 Å². The van der Waals surface area contributed by atoms with E-state index in [4.69, 9.17) is 4.99 Å². The standard InChI is InChI=1S/C16H22N2S/c1-12-7-3-4-8-14(12)13(2)17-15-18-16(11-19-15)9-5-6-10-16/h3-4,7-8,13H,5-6,9-11H2,1-2H3,(H,17,18). The third kappa shape index (κ3) is 2.66. The monoisotopic (exact) mass is 274 g/mol. The number of hydrogen-bond donors (Lipinski definition) is 1. The zero-order chi connectivity index (χ0) is 13.3. The molecule has 1 aliphatic heterocycles. The molecule has 19 heavy (non-hydrogen) atoms. The van der Waals surface area contributed by atoms with Crippen LogP contribution in [0.25, 0.3) is 0 Å². The highest BCUT2D eigenvalue weighted by Gasteiger charge is 2.39. The summed E-state index contributed by atoms with van der Waals surface area (Å²) in [6.07, 6.45) is 5.37. The van der Waals surface area contributed by atoms with Crippen molar-refractivity contribution >= 4 is 16.9 Å². The van der Waals surface area contributed by atoms with Crippen LogP contribution in [0, 0.1) is 6.92 Å². The van der Waals surface area contributed by atoms with E-state index in [1.54, 1.807) is 0 Å². The molecule has 0 amide bonds. The molecule has 1 aromatic rings. The largest absolute Gasteiger partial charge is 0.359 e. The molecule has 1 saturated heterocycles. The van der Waals surface area contributed by atoms with Crippen LogP contribution in [0.4, 0.5) is 0 Å². The van der Waals surface area contributed by atoms with Crippen LogP contribution in [0.3, 0.4) is 0 Å². The molecule has 1 spiro atoms. The summed E-state index contributed by atoms with van der Waals surface area (Å²) in [5.74, 6) is 1.20. The van der Waals surface area contributed by atoms with Crippen LogP contribution < -0.4 is 5.32 Å². The highest BCUT2D eigenvalue weighted by atomic mass is 32.2. The van der Waals surface area contributed by atoms with E-state index in [1.165, 1.54) is 42.6 Å². The highest BCUT2D eigenvalue weighted by Crippen LogP contribution is 2.38. The Morgan fingerprint density at radius 1 is 1.26 bits per heavy atom. The van der Waals surface area contributed by atoms with E-state index in [0.717, 1.165) is 5.17 Å². The Balaban J connectivity index is 1.74. The Bertz CT molecular complexity index is 489. The average Bonchev–Trinajstić information content (AvgIpc) is 3.01. The first-order valence-electron chi connectivity index (χ1n) is 7.23. The Labute approximate surface area is 120 Å². The van der Waals surface area contributed by atoms with E-state index in [0.29, 0.717) is 5.54 Å². The van der Waals surface area contributed by atoms with Crippen molar-refractivity contribution in [1.82, 2.24) is 5.32 Å². The van der Waals surface area contributed by atoms with Gasteiger partial charge in [-0.15, -0.1) is 0 Å². The second-order valence-electron chi connectivity index (χ2n) is 5.87. The van der Waals surface area contributed by atoms with Crippen molar-refractivity contribution in [3.8, 4) is 0 Å². The van der Waals surface area contributed by atoms with Crippen molar-refractivity contribution in [2.45, 2.75) is 51.1 Å². The highest BCUT2D eigenvalue weighted by molar-refractivity contribution is 8.14. The van der Waals surface area contributed by atoms with Crippen molar-refractivity contribution in [3.63, 3.8) is 0 Å². The van der Waals surface area contributed by atoms with Crippen LogP contribution in [0.2, 0.25) is 0 Å². The van der Waals surface area contributed by atoms with E-state index in [2.05, 4.69) is 43.4 Å². The van der Waals surface area contributed by atoms with Crippen LogP contribution in [-0.4, -0.2) is 16.5 Å². The van der Waals surface area contributed by atoms with Crippen LogP contribution in [-0.2, 0) is 0 Å². The number of aliphatic imine (C=N–C) groups is 1. The first kappa shape index (κ1) is 13.0. The first-order valence-corrected chi connectivity index (χ1v) is 8.21. The van der Waals surface area contributed by atoms with E-state index in [-0.39, 0.29) is 6.04 Å². The average molecular weight is 274 g/mol. The maximum atomic E-state index is 4.89. The Morgan fingerprint density at radius 2 is 2.00 bits per heavy atom. The predicted molar refractivity (Wildman–Crippen MR) is 83.8 cm³/mol. The van der Waals surface area contributed by atoms with Gasteiger partial charge in [0.2, 0.25) is 0 Å². The summed E-state index contributed by atoms with van der Waals surface area (Å²) in [6, 6.07) is 8.80. The third-order valence-corrected chi connectivity index (χ3v) is 5.55. The van der Waals surface area contributed by atoms with E-state index >= 15 is 0 Å². The number of nitrogens with zero attached hydrogens (tertiary/aromatic N) is 1. The van der Waals surface area contributed by atoms with Crippen molar-refractivity contribution in [1.29, 1.82) is 0 Å². The predicted octanol–water partition coefficient (Wildman–Crippen LogP) is 4.06. The summed E-state index contributed by atoms with van der Waals surface area (Å²) in [4.78, 5) is 4.89. The summed E-state index contributed by atoms with van der Waals surface area (Å²) in [5, 5.41) is 4.85. The molecule has 1 unspecified atom stereocenters. The van der Waals surface area contributed by atoms with Gasteiger partial charge in [0.25, 0.3) is 0 Å². The van der Waals surface area contributed by atoms with Crippen LogP contribution in [0.5, 0.6) is 0 Å². The molecule has 1 aliphatic carbocycles. The van der Waals surface area contributed by atoms with Crippen LogP contribution >= 0.6 is 11.8 Å². The summed E-state index contributed by atoms with van der Waals surface area (Å²) in [6.45, 7) is 4.36. The molecule has 2 fully saturated rings. The van der Waals surface area contributed by atoms with Gasteiger partial charge in [-0.3, -0.25) is 4.99 Å². The minimum absolute atomic E-state index is 0.243. The molecular formula is C16H22N2S. The molecule has 0 aromatic heterocycles. The lowest BCUT2D eigenvalue weighted by atomic mass is 10.0. The Morgan fingerprint density at radius 3 is 2.74 bits per heavy atom. The zero-order valence-electron chi connectivity index (χ0n) is 11.8. The van der Waals surface area contributed by atoms with Crippen LogP contribution in [0.1, 0.15) is 49.8 Å². The fourth-order valence-electron chi connectivity index (χ4n) is 3.20. The normalized spacial score (nSPS) is 24.8. The number of aryl methyl sites for hydroxylation is 1. The quantitative estimate of drug-likeness (QED) is 0.879. The number of benzene rings is 1. The molecule has 3 heteroatoms. The molecule has 1 aromatic carbocycles. The minimum atomic E-state index is 0.243. The molecule has 0 radical (unpaired) electrons. The second kappa shape index (κ2) is 5.20. The van der Waals surface area contributed by atoms with Gasteiger partial charge in [-0.1, -0.05) is 48.9 Å². The lowest BCUT2D eigenvalue weighted by molar-refractivity contribution is 0.452. The van der Waals surface area contributed by atoms with Gasteiger partial charge in [0.1, 0.15) is 0 Å². The van der Waals surface area contributed by atoms with Gasteiger partial charge in [-0.05, 0) is 37.8 Å². The van der Waals surface area contributed by atoms with Gasteiger partial charge in [0.05, 0.1) is 6.04 Å². The third-order valence-electron chi connectivity index (χ3n) is 4.37. The fraction of sp³-hybridized carbons (Fsp3) is 0.562. The molecule has 2 nitrogen and oxygen atoms in total. The summed E-state index contributed by atoms with van der Waals surface area (Å²) in [5.41, 5.74) is 3.04. The summed E-state index contributed by atoms with van der Waals surface area (Å²) < 4.78 is 0. The lowest BCUT2D eigenvalue weighted by Crippen LogP contribution is -2.40. The molecule has 1 saturated carbocycles. The number of thioether (sulfide) groups is 1. The van der Waals surface area contributed by atoms with Crippen molar-refractivity contribution < 1.29 is 0 Å². The van der Waals surface area contributed by atoms with Crippen molar-refractivity contribution in [2.75, 3.05) is 5.75 Å². The van der Waals surface area contributed by atoms with Crippen LogP contribution in [0.15, 0.2) is 29.3 Å². The topological polar surface area (TPSA) is 24.4 Å². The van der Waals surface area contributed by atoms with Crippen molar-refractivity contribution in [3.05, 3.63) is 35.4 Å². The summed E-state index contributed by atoms with van der Waals surface area (Å²) in [7, 11) is 0. The molecule has 102 valence electrons. The molecule has 3 rings (SSSR count). The number of hydrogen-bond acceptors (Lipinski definition) is 2. The van der Waals surface area contributed by atoms with Gasteiger partial charge in [-0.25, -0.2) is 0 Å². The molecule has 1 N–H and O–H groups in total. The number of rotatable bonds is 2. The minimum Gasteiger partial charge on any atom is -0.359 e. The fourth-order valence-corrected chi connectivity index (χ4v) is 4.49. The van der Waals surface area contributed by atoms with E-state index in [9.17, 15) is 0 Å². The molecule has 1 heterocycles. The van der Waals surface area contributed by atoms with Crippen molar-refractivity contribution in [2.24, 2.45) is 4.99 Å².